The minimum Gasteiger partial charge on any atom is -0.355 e. The van der Waals surface area contributed by atoms with Crippen LogP contribution in [0.5, 0.6) is 0 Å². The molecule has 2 aliphatic heterocycles. The molecular weight excluding hydrogens is 366 g/mol. The number of piperidine rings is 1. The lowest BCUT2D eigenvalue weighted by molar-refractivity contribution is -0.125. The first-order valence-corrected chi connectivity index (χ1v) is 10.3. The van der Waals surface area contributed by atoms with E-state index in [1.54, 1.807) is 7.05 Å². The SMILES string of the molecule is CN=C(NCC(C)(C)c1ccc(C)cc1)N1CCC(C2(C)NC(=O)NC2=O)CC1. The van der Waals surface area contributed by atoms with Crippen molar-refractivity contribution in [1.29, 1.82) is 0 Å². The molecule has 2 fully saturated rings. The van der Waals surface area contributed by atoms with Gasteiger partial charge in [0.05, 0.1) is 0 Å². The lowest BCUT2D eigenvalue weighted by Crippen LogP contribution is -2.56. The Balaban J connectivity index is 1.57. The first kappa shape index (κ1) is 21.1. The minimum absolute atomic E-state index is 0.0261. The van der Waals surface area contributed by atoms with E-state index in [0.717, 1.165) is 38.4 Å². The molecule has 0 aliphatic carbocycles. The maximum atomic E-state index is 12.2. The third kappa shape index (κ3) is 4.38. The molecule has 0 saturated carbocycles. The van der Waals surface area contributed by atoms with Gasteiger partial charge in [-0.25, -0.2) is 4.79 Å². The van der Waals surface area contributed by atoms with E-state index in [9.17, 15) is 9.59 Å². The maximum Gasteiger partial charge on any atom is 0.322 e. The normalized spacial score (nSPS) is 23.8. The third-order valence-corrected chi connectivity index (χ3v) is 6.42. The average molecular weight is 400 g/mol. The molecule has 0 radical (unpaired) electrons. The Morgan fingerprint density at radius 2 is 1.86 bits per heavy atom. The van der Waals surface area contributed by atoms with Gasteiger partial charge >= 0.3 is 6.03 Å². The molecule has 3 rings (SSSR count). The molecule has 0 bridgehead atoms. The summed E-state index contributed by atoms with van der Waals surface area (Å²) in [5.41, 5.74) is 1.72. The zero-order valence-electron chi connectivity index (χ0n) is 18.1. The Labute approximate surface area is 173 Å². The number of imide groups is 1. The summed E-state index contributed by atoms with van der Waals surface area (Å²) in [7, 11) is 1.80. The van der Waals surface area contributed by atoms with E-state index in [2.05, 4.69) is 70.9 Å². The number of guanidine groups is 1. The molecule has 1 aromatic carbocycles. The van der Waals surface area contributed by atoms with E-state index in [4.69, 9.17) is 0 Å². The lowest BCUT2D eigenvalue weighted by atomic mass is 9.79. The van der Waals surface area contributed by atoms with Crippen LogP contribution in [0.1, 0.15) is 44.7 Å². The summed E-state index contributed by atoms with van der Waals surface area (Å²) in [6, 6.07) is 8.28. The van der Waals surface area contributed by atoms with Gasteiger partial charge in [0, 0.05) is 32.1 Å². The number of aliphatic imine (C=N–C) groups is 1. The number of amides is 3. The molecule has 7 nitrogen and oxygen atoms in total. The van der Waals surface area contributed by atoms with Crippen LogP contribution in [-0.2, 0) is 10.2 Å². The Morgan fingerprint density at radius 1 is 1.24 bits per heavy atom. The van der Waals surface area contributed by atoms with Crippen LogP contribution in [0.15, 0.2) is 29.3 Å². The molecule has 29 heavy (non-hydrogen) atoms. The molecule has 2 saturated heterocycles. The zero-order chi connectivity index (χ0) is 21.2. The smallest absolute Gasteiger partial charge is 0.322 e. The summed E-state index contributed by atoms with van der Waals surface area (Å²) in [6.45, 7) is 10.8. The second kappa shape index (κ2) is 8.05. The van der Waals surface area contributed by atoms with Crippen LogP contribution in [0, 0.1) is 12.8 Å². The van der Waals surface area contributed by atoms with Crippen molar-refractivity contribution in [3.8, 4) is 0 Å². The van der Waals surface area contributed by atoms with Gasteiger partial charge in [-0.05, 0) is 38.2 Å². The van der Waals surface area contributed by atoms with Gasteiger partial charge < -0.3 is 15.5 Å². The molecule has 3 N–H and O–H groups in total. The van der Waals surface area contributed by atoms with Gasteiger partial charge in [0.25, 0.3) is 5.91 Å². The van der Waals surface area contributed by atoms with Crippen molar-refractivity contribution in [2.24, 2.45) is 10.9 Å². The van der Waals surface area contributed by atoms with Gasteiger partial charge in [-0.15, -0.1) is 0 Å². The number of benzene rings is 1. The molecular formula is C22H33N5O2. The minimum atomic E-state index is -0.812. The Bertz CT molecular complexity index is 794. The van der Waals surface area contributed by atoms with Gasteiger partial charge in [-0.2, -0.15) is 0 Å². The fourth-order valence-corrected chi connectivity index (χ4v) is 4.25. The molecule has 7 heteroatoms. The van der Waals surface area contributed by atoms with Gasteiger partial charge in [0.2, 0.25) is 0 Å². The van der Waals surface area contributed by atoms with Gasteiger partial charge in [-0.1, -0.05) is 43.7 Å². The zero-order valence-corrected chi connectivity index (χ0v) is 18.1. The monoisotopic (exact) mass is 399 g/mol. The quantitative estimate of drug-likeness (QED) is 0.411. The number of nitrogens with zero attached hydrogens (tertiary/aromatic N) is 2. The van der Waals surface area contributed by atoms with Crippen molar-refractivity contribution >= 4 is 17.9 Å². The van der Waals surface area contributed by atoms with E-state index in [1.165, 1.54) is 11.1 Å². The second-order valence-corrected chi connectivity index (χ2v) is 9.02. The van der Waals surface area contributed by atoms with Crippen molar-refractivity contribution in [1.82, 2.24) is 20.9 Å². The Kier molecular flexibility index (Phi) is 5.87. The van der Waals surface area contributed by atoms with E-state index < -0.39 is 11.6 Å². The van der Waals surface area contributed by atoms with E-state index in [-0.39, 0.29) is 17.2 Å². The van der Waals surface area contributed by atoms with E-state index in [0.29, 0.717) is 0 Å². The van der Waals surface area contributed by atoms with E-state index in [1.807, 2.05) is 6.92 Å². The molecule has 1 aromatic rings. The van der Waals surface area contributed by atoms with Crippen LogP contribution in [-0.4, -0.2) is 55.0 Å². The molecule has 2 aliphatic rings. The number of hydrogen-bond donors (Lipinski definition) is 3. The van der Waals surface area contributed by atoms with Crippen LogP contribution >= 0.6 is 0 Å². The Hall–Kier alpha value is -2.57. The number of rotatable bonds is 4. The molecule has 3 amide bonds. The number of urea groups is 1. The largest absolute Gasteiger partial charge is 0.355 e. The fourth-order valence-electron chi connectivity index (χ4n) is 4.25. The van der Waals surface area contributed by atoms with Crippen molar-refractivity contribution in [3.63, 3.8) is 0 Å². The first-order chi connectivity index (χ1) is 13.7. The van der Waals surface area contributed by atoms with Gasteiger partial charge in [-0.3, -0.25) is 15.1 Å². The van der Waals surface area contributed by atoms with Crippen LogP contribution in [0.25, 0.3) is 0 Å². The summed E-state index contributed by atoms with van der Waals surface area (Å²) in [5.74, 6) is 0.782. The predicted molar refractivity (Wildman–Crippen MR) is 115 cm³/mol. The summed E-state index contributed by atoms with van der Waals surface area (Å²) in [4.78, 5) is 30.5. The number of likely N-dealkylation sites (tertiary alicyclic amines) is 1. The number of hydrogen-bond acceptors (Lipinski definition) is 3. The molecule has 0 spiro atoms. The highest BCUT2D eigenvalue weighted by atomic mass is 16.2. The molecule has 1 atom stereocenters. The van der Waals surface area contributed by atoms with Gasteiger partial charge in [0.1, 0.15) is 5.54 Å². The summed E-state index contributed by atoms with van der Waals surface area (Å²) < 4.78 is 0. The number of carbonyl (C=O) groups excluding carboxylic acids is 2. The van der Waals surface area contributed by atoms with Crippen molar-refractivity contribution in [2.45, 2.75) is 51.5 Å². The molecule has 1 unspecified atom stereocenters. The first-order valence-electron chi connectivity index (χ1n) is 10.3. The Morgan fingerprint density at radius 3 is 2.38 bits per heavy atom. The second-order valence-electron chi connectivity index (χ2n) is 9.02. The third-order valence-electron chi connectivity index (χ3n) is 6.42. The highest BCUT2D eigenvalue weighted by molar-refractivity contribution is 6.07. The molecule has 2 heterocycles. The molecule has 158 valence electrons. The lowest BCUT2D eigenvalue weighted by Gasteiger charge is -2.40. The highest BCUT2D eigenvalue weighted by Gasteiger charge is 2.48. The van der Waals surface area contributed by atoms with Crippen LogP contribution < -0.4 is 16.0 Å². The average Bonchev–Trinajstić information content (AvgIpc) is 2.95. The van der Waals surface area contributed by atoms with Crippen molar-refractivity contribution in [2.75, 3.05) is 26.7 Å². The van der Waals surface area contributed by atoms with Gasteiger partial charge in [0.15, 0.2) is 5.96 Å². The summed E-state index contributed by atoms with van der Waals surface area (Å²) >= 11 is 0. The predicted octanol–water partition coefficient (Wildman–Crippen LogP) is 2.16. The maximum absolute atomic E-state index is 12.2. The standard InChI is InChI=1S/C22H33N5O2/c1-15-6-8-16(9-7-15)21(2,3)14-24-19(23-5)27-12-10-17(11-13-27)22(4)18(28)25-20(29)26-22/h6-9,17H,10-14H2,1-5H3,(H,23,24)(H2,25,26,28,29). The highest BCUT2D eigenvalue weighted by Crippen LogP contribution is 2.31. The van der Waals surface area contributed by atoms with Crippen molar-refractivity contribution < 1.29 is 9.59 Å². The summed E-state index contributed by atoms with van der Waals surface area (Å²) in [6.07, 6.45) is 1.65. The van der Waals surface area contributed by atoms with E-state index >= 15 is 0 Å². The van der Waals surface area contributed by atoms with Crippen LogP contribution in [0.3, 0.4) is 0 Å². The van der Waals surface area contributed by atoms with Crippen LogP contribution in [0.4, 0.5) is 4.79 Å². The number of carbonyl (C=O) groups is 2. The summed E-state index contributed by atoms with van der Waals surface area (Å²) in [5, 5.41) is 8.71. The fraction of sp³-hybridized carbons (Fsp3) is 0.591. The van der Waals surface area contributed by atoms with Crippen molar-refractivity contribution in [3.05, 3.63) is 35.4 Å². The van der Waals surface area contributed by atoms with Crippen LogP contribution in [0.2, 0.25) is 0 Å². The number of nitrogens with one attached hydrogen (secondary N) is 3. The topological polar surface area (TPSA) is 85.8 Å². The number of aryl methyl sites for hydroxylation is 1. The molecule has 0 aromatic heterocycles.